The molecule has 212 valence electrons. The Hall–Kier alpha value is -0.950. The van der Waals surface area contributed by atoms with Crippen molar-refractivity contribution in [2.24, 2.45) is 0 Å². The van der Waals surface area contributed by atoms with Gasteiger partial charge in [0.05, 0.1) is 0 Å². The normalized spacial score (nSPS) is 24.3. The van der Waals surface area contributed by atoms with Gasteiger partial charge < -0.3 is 0 Å². The average Bonchev–Trinajstić information content (AvgIpc) is 2.90. The summed E-state index contributed by atoms with van der Waals surface area (Å²) in [6.07, 6.45) is -55.0. The van der Waals surface area contributed by atoms with Crippen LogP contribution in [0.15, 0.2) is 0 Å². The van der Waals surface area contributed by atoms with Crippen molar-refractivity contribution < 1.29 is 92.6 Å². The Morgan fingerprint density at radius 1 is 0.543 bits per heavy atom. The van der Waals surface area contributed by atoms with Crippen molar-refractivity contribution in [1.82, 2.24) is 0 Å². The Labute approximate surface area is 181 Å². The standard InChI is InChI=1S/C13H11F18O3P/c1-3-35(4-2,32-5(6(14,15)16)7(17,18)19)33-8(10(20,21)22,11(23,24)25)9(34-35,12(26,27)28)13(29,30)31/h5H,3-4H2,1-2H3. The molecule has 0 aromatic heterocycles. The van der Waals surface area contributed by atoms with E-state index in [1.54, 1.807) is 0 Å². The van der Waals surface area contributed by atoms with Gasteiger partial charge in [0, 0.05) is 0 Å². The van der Waals surface area contributed by atoms with Crippen molar-refractivity contribution in [3.8, 4) is 0 Å². The third-order valence-corrected chi connectivity index (χ3v) is 9.42. The molecule has 0 bridgehead atoms. The van der Waals surface area contributed by atoms with Gasteiger partial charge in [0.2, 0.25) is 0 Å². The maximum atomic E-state index is 13.7. The molecule has 1 aliphatic heterocycles. The molecule has 35 heavy (non-hydrogen) atoms. The van der Waals surface area contributed by atoms with Crippen LogP contribution in [0.2, 0.25) is 0 Å². The zero-order valence-electron chi connectivity index (χ0n) is 16.5. The van der Waals surface area contributed by atoms with Crippen molar-refractivity contribution in [2.75, 3.05) is 12.3 Å². The van der Waals surface area contributed by atoms with Crippen LogP contribution in [0.1, 0.15) is 13.8 Å². The molecule has 1 saturated heterocycles. The number of hydrogen-bond donors (Lipinski definition) is 0. The van der Waals surface area contributed by atoms with Gasteiger partial charge in [-0.3, -0.25) is 0 Å². The van der Waals surface area contributed by atoms with E-state index in [1.807, 2.05) is 0 Å². The molecule has 0 amide bonds. The summed E-state index contributed by atoms with van der Waals surface area (Å²) in [5, 5.41) is 0. The van der Waals surface area contributed by atoms with Crippen LogP contribution in [0.4, 0.5) is 79.0 Å². The Bertz CT molecular complexity index is 694. The molecule has 0 spiro atoms. The minimum absolute atomic E-state index is 0.0332. The molecular weight excluding hydrogens is 577 g/mol. The topological polar surface area (TPSA) is 27.7 Å². The number of rotatable bonds is 4. The van der Waals surface area contributed by atoms with Gasteiger partial charge in [0.15, 0.2) is 0 Å². The van der Waals surface area contributed by atoms with Gasteiger partial charge >= 0.3 is 180 Å². The van der Waals surface area contributed by atoms with Crippen LogP contribution >= 0.6 is 7.28 Å². The fraction of sp³-hybridized carbons (Fsp3) is 1.00. The first kappa shape index (κ1) is 32.1. The Kier molecular flexibility index (Phi) is 7.35. The molecule has 0 aromatic rings. The monoisotopic (exact) mass is 588 g/mol. The van der Waals surface area contributed by atoms with E-state index in [0.717, 1.165) is 0 Å². The molecule has 0 unspecified atom stereocenters. The van der Waals surface area contributed by atoms with E-state index in [9.17, 15) is 79.0 Å². The van der Waals surface area contributed by atoms with Gasteiger partial charge in [0.1, 0.15) is 0 Å². The summed E-state index contributed by atoms with van der Waals surface area (Å²) >= 11 is 0. The van der Waals surface area contributed by atoms with Crippen LogP contribution in [-0.2, 0) is 13.6 Å². The van der Waals surface area contributed by atoms with Crippen LogP contribution in [0.5, 0.6) is 0 Å². The average molecular weight is 588 g/mol. The number of hydrogen-bond acceptors (Lipinski definition) is 3. The van der Waals surface area contributed by atoms with Gasteiger partial charge in [-0.25, -0.2) is 0 Å². The molecule has 1 aliphatic rings. The van der Waals surface area contributed by atoms with E-state index in [0.29, 0.717) is 0 Å². The molecule has 0 N–H and O–H groups in total. The summed E-state index contributed by atoms with van der Waals surface area (Å²) < 4.78 is 252. The molecule has 0 aromatic carbocycles. The number of halogens is 18. The molecule has 1 fully saturated rings. The Morgan fingerprint density at radius 2 is 0.771 bits per heavy atom. The van der Waals surface area contributed by atoms with Crippen LogP contribution < -0.4 is 0 Å². The second kappa shape index (κ2) is 8.02. The molecule has 1 rings (SSSR count). The van der Waals surface area contributed by atoms with E-state index in [2.05, 4.69) is 13.6 Å². The van der Waals surface area contributed by atoms with E-state index >= 15 is 0 Å². The summed E-state index contributed by atoms with van der Waals surface area (Å²) in [6, 6.07) is 0. The zero-order chi connectivity index (χ0) is 28.6. The van der Waals surface area contributed by atoms with Gasteiger partial charge in [-0.2, -0.15) is 0 Å². The van der Waals surface area contributed by atoms with E-state index in [1.165, 1.54) is 0 Å². The van der Waals surface area contributed by atoms with Gasteiger partial charge in [-0.15, -0.1) is 0 Å². The van der Waals surface area contributed by atoms with Crippen LogP contribution in [0, 0.1) is 0 Å². The SMILES string of the molecule is CCP1(CC)(OC(C(F)(F)F)C(F)(F)F)OC(C(F)(F)F)(C(F)(F)F)C(C(F)(F)F)(C(F)(F)F)O1. The summed E-state index contributed by atoms with van der Waals surface area (Å²) in [5.41, 5.74) is -15.2. The summed E-state index contributed by atoms with van der Waals surface area (Å²) in [5.74, 6) is 0. The second-order valence-corrected chi connectivity index (χ2v) is 11.2. The van der Waals surface area contributed by atoms with Crippen molar-refractivity contribution in [1.29, 1.82) is 0 Å². The first-order valence-corrected chi connectivity index (χ1v) is 10.8. The molecular formula is C13H11F18O3P. The molecule has 1 heterocycles. The molecule has 0 aliphatic carbocycles. The molecule has 0 atom stereocenters. The van der Waals surface area contributed by atoms with Crippen molar-refractivity contribution in [3.63, 3.8) is 0 Å². The molecule has 0 saturated carbocycles. The van der Waals surface area contributed by atoms with Crippen LogP contribution in [-0.4, -0.2) is 66.7 Å². The first-order valence-electron chi connectivity index (χ1n) is 8.47. The first-order chi connectivity index (χ1) is 14.9. The third kappa shape index (κ3) is 4.51. The fourth-order valence-electron chi connectivity index (χ4n) is 3.30. The maximum absolute atomic E-state index is 13.7. The Morgan fingerprint density at radius 3 is 0.914 bits per heavy atom. The van der Waals surface area contributed by atoms with Crippen molar-refractivity contribution in [2.45, 2.75) is 68.2 Å². The summed E-state index contributed by atoms with van der Waals surface area (Å²) in [6.45, 7) is 0.0664. The van der Waals surface area contributed by atoms with E-state index < -0.39 is 74.0 Å². The third-order valence-electron chi connectivity index (χ3n) is 4.93. The predicted octanol–water partition coefficient (Wildman–Crippen LogP) is 7.61. The van der Waals surface area contributed by atoms with Gasteiger partial charge in [0.25, 0.3) is 0 Å². The predicted molar refractivity (Wildman–Crippen MR) is 76.8 cm³/mol. The fourth-order valence-corrected chi connectivity index (χ4v) is 7.29. The van der Waals surface area contributed by atoms with Gasteiger partial charge in [-0.1, -0.05) is 0 Å². The molecule has 3 nitrogen and oxygen atoms in total. The van der Waals surface area contributed by atoms with Crippen LogP contribution in [0.3, 0.4) is 0 Å². The van der Waals surface area contributed by atoms with Crippen molar-refractivity contribution >= 4 is 7.28 Å². The second-order valence-electron chi connectivity index (χ2n) is 6.96. The summed E-state index contributed by atoms with van der Waals surface area (Å²) in [4.78, 5) is 0. The summed E-state index contributed by atoms with van der Waals surface area (Å²) in [7, 11) is -7.96. The quantitative estimate of drug-likeness (QED) is 0.250. The zero-order valence-corrected chi connectivity index (χ0v) is 17.4. The molecule has 22 heteroatoms. The minimum atomic E-state index is -7.96. The molecule has 0 radical (unpaired) electrons. The number of alkyl halides is 18. The van der Waals surface area contributed by atoms with Crippen molar-refractivity contribution in [3.05, 3.63) is 0 Å². The Balaban J connectivity index is 4.40. The van der Waals surface area contributed by atoms with Crippen LogP contribution in [0.25, 0.3) is 0 Å². The van der Waals surface area contributed by atoms with Gasteiger partial charge in [-0.05, 0) is 0 Å². The van der Waals surface area contributed by atoms with E-state index in [4.69, 9.17) is 0 Å². The van der Waals surface area contributed by atoms with E-state index in [-0.39, 0.29) is 13.8 Å².